The summed E-state index contributed by atoms with van der Waals surface area (Å²) in [6, 6.07) is 4.25. The van der Waals surface area contributed by atoms with Gasteiger partial charge in [-0.05, 0) is 31.0 Å². The smallest absolute Gasteiger partial charge is 0.143 e. The van der Waals surface area contributed by atoms with Gasteiger partial charge in [-0.1, -0.05) is 6.07 Å². The van der Waals surface area contributed by atoms with Gasteiger partial charge in [-0.2, -0.15) is 0 Å². The Kier molecular flexibility index (Phi) is 1.68. The van der Waals surface area contributed by atoms with E-state index in [9.17, 15) is 0 Å². The quantitative estimate of drug-likeness (QED) is 0.632. The molecule has 2 nitrogen and oxygen atoms in total. The van der Waals surface area contributed by atoms with E-state index >= 15 is 0 Å². The lowest BCUT2D eigenvalue weighted by Gasteiger charge is -2.21. The highest BCUT2D eigenvalue weighted by molar-refractivity contribution is 5.64. The number of anilines is 1. The molecule has 1 aliphatic heterocycles. The van der Waals surface area contributed by atoms with Gasteiger partial charge in [0.2, 0.25) is 0 Å². The van der Waals surface area contributed by atoms with Gasteiger partial charge in [0.25, 0.3) is 0 Å². The lowest BCUT2D eigenvalue weighted by molar-refractivity contribution is 0.323. The fourth-order valence-electron chi connectivity index (χ4n) is 1.61. The second-order valence-corrected chi connectivity index (χ2v) is 3.23. The van der Waals surface area contributed by atoms with Gasteiger partial charge in [0, 0.05) is 6.54 Å². The van der Waals surface area contributed by atoms with Crippen molar-refractivity contribution >= 4 is 5.69 Å². The number of hydrogen-bond donors (Lipinski definition) is 1. The van der Waals surface area contributed by atoms with E-state index in [2.05, 4.69) is 31.3 Å². The molecule has 1 aromatic carbocycles. The summed E-state index contributed by atoms with van der Waals surface area (Å²) in [6.07, 6.45) is 0. The van der Waals surface area contributed by atoms with Crippen molar-refractivity contribution in [3.63, 3.8) is 0 Å². The second kappa shape index (κ2) is 2.70. The Morgan fingerprint density at radius 3 is 3.00 bits per heavy atom. The van der Waals surface area contributed by atoms with Crippen molar-refractivity contribution in [2.75, 3.05) is 18.5 Å². The summed E-state index contributed by atoms with van der Waals surface area (Å²) in [5, 5.41) is 3.33. The predicted octanol–water partition coefficient (Wildman–Crippen LogP) is 2.11. The maximum absolute atomic E-state index is 5.52. The molecule has 0 saturated heterocycles. The third kappa shape index (κ3) is 1.13. The number of benzene rings is 1. The van der Waals surface area contributed by atoms with Crippen molar-refractivity contribution in [1.82, 2.24) is 0 Å². The first-order chi connectivity index (χ1) is 5.77. The van der Waals surface area contributed by atoms with Crippen LogP contribution in [0.5, 0.6) is 5.75 Å². The van der Waals surface area contributed by atoms with Crippen LogP contribution in [0.25, 0.3) is 0 Å². The Morgan fingerprint density at radius 2 is 2.17 bits per heavy atom. The zero-order valence-corrected chi connectivity index (χ0v) is 7.48. The van der Waals surface area contributed by atoms with E-state index in [1.54, 1.807) is 0 Å². The largest absolute Gasteiger partial charge is 0.490 e. The van der Waals surface area contributed by atoms with Crippen LogP contribution in [0.15, 0.2) is 12.1 Å². The molecular weight excluding hydrogens is 150 g/mol. The molecule has 0 atom stereocenters. The highest BCUT2D eigenvalue weighted by Crippen LogP contribution is 2.31. The first-order valence-corrected chi connectivity index (χ1v) is 4.25. The molecule has 2 rings (SSSR count). The molecule has 0 radical (unpaired) electrons. The van der Waals surface area contributed by atoms with Gasteiger partial charge in [0.15, 0.2) is 0 Å². The van der Waals surface area contributed by atoms with Gasteiger partial charge < -0.3 is 10.1 Å². The summed E-state index contributed by atoms with van der Waals surface area (Å²) in [4.78, 5) is 0. The van der Waals surface area contributed by atoms with Crippen molar-refractivity contribution in [2.45, 2.75) is 13.8 Å². The van der Waals surface area contributed by atoms with E-state index in [-0.39, 0.29) is 0 Å². The molecule has 1 aromatic rings. The van der Waals surface area contributed by atoms with Crippen molar-refractivity contribution in [3.8, 4) is 5.75 Å². The second-order valence-electron chi connectivity index (χ2n) is 3.23. The number of fused-ring (bicyclic) bond motifs is 1. The lowest BCUT2D eigenvalue weighted by atomic mass is 10.1. The van der Waals surface area contributed by atoms with Gasteiger partial charge in [0.05, 0.1) is 5.69 Å². The molecule has 1 N–H and O–H groups in total. The molecule has 0 saturated carbocycles. The van der Waals surface area contributed by atoms with Crippen LogP contribution >= 0.6 is 0 Å². The van der Waals surface area contributed by atoms with Crippen LogP contribution in [0.2, 0.25) is 0 Å². The third-order valence-corrected chi connectivity index (χ3v) is 2.11. The monoisotopic (exact) mass is 163 g/mol. The minimum Gasteiger partial charge on any atom is -0.490 e. The van der Waals surface area contributed by atoms with Crippen molar-refractivity contribution in [2.24, 2.45) is 0 Å². The summed E-state index contributed by atoms with van der Waals surface area (Å²) in [6.45, 7) is 5.88. The minimum atomic E-state index is 0.774. The highest BCUT2D eigenvalue weighted by Gasteiger charge is 2.11. The van der Waals surface area contributed by atoms with Crippen LogP contribution in [0.1, 0.15) is 11.1 Å². The molecule has 0 aromatic heterocycles. The zero-order chi connectivity index (χ0) is 8.55. The number of nitrogens with one attached hydrogen (secondary N) is 1. The SMILES string of the molecule is Cc1cc(C)c2c(c1)OCCN2. The molecule has 2 heteroatoms. The standard InChI is InChI=1S/C10H13NO/c1-7-5-8(2)10-9(6-7)12-4-3-11-10/h5-6,11H,3-4H2,1-2H3. The molecule has 0 unspecified atom stereocenters. The molecular formula is C10H13NO. The van der Waals surface area contributed by atoms with E-state index in [1.807, 2.05) is 0 Å². The van der Waals surface area contributed by atoms with Crippen LogP contribution in [0, 0.1) is 13.8 Å². The molecule has 1 heterocycles. The van der Waals surface area contributed by atoms with Crippen LogP contribution in [0.4, 0.5) is 5.69 Å². The number of rotatable bonds is 0. The Balaban J connectivity index is 2.53. The van der Waals surface area contributed by atoms with Crippen LogP contribution in [-0.4, -0.2) is 13.2 Å². The molecule has 64 valence electrons. The number of hydrogen-bond acceptors (Lipinski definition) is 2. The van der Waals surface area contributed by atoms with E-state index < -0.39 is 0 Å². The van der Waals surface area contributed by atoms with Gasteiger partial charge in [-0.25, -0.2) is 0 Å². The molecule has 0 amide bonds. The minimum absolute atomic E-state index is 0.774. The van der Waals surface area contributed by atoms with Gasteiger partial charge in [-0.3, -0.25) is 0 Å². The van der Waals surface area contributed by atoms with Crippen LogP contribution < -0.4 is 10.1 Å². The highest BCUT2D eigenvalue weighted by atomic mass is 16.5. The third-order valence-electron chi connectivity index (χ3n) is 2.11. The fraction of sp³-hybridized carbons (Fsp3) is 0.400. The fourth-order valence-corrected chi connectivity index (χ4v) is 1.61. The summed E-state index contributed by atoms with van der Waals surface area (Å²) < 4.78 is 5.52. The summed E-state index contributed by atoms with van der Waals surface area (Å²) >= 11 is 0. The van der Waals surface area contributed by atoms with E-state index in [0.29, 0.717) is 0 Å². The molecule has 12 heavy (non-hydrogen) atoms. The first kappa shape index (κ1) is 7.47. The lowest BCUT2D eigenvalue weighted by Crippen LogP contribution is -2.18. The normalized spacial score (nSPS) is 14.5. The molecule has 0 fully saturated rings. The molecule has 0 aliphatic carbocycles. The van der Waals surface area contributed by atoms with Crippen molar-refractivity contribution in [1.29, 1.82) is 0 Å². The topological polar surface area (TPSA) is 21.3 Å². The van der Waals surface area contributed by atoms with E-state index in [4.69, 9.17) is 4.74 Å². The van der Waals surface area contributed by atoms with Crippen LogP contribution in [-0.2, 0) is 0 Å². The zero-order valence-electron chi connectivity index (χ0n) is 7.48. The summed E-state index contributed by atoms with van der Waals surface area (Å²) in [5.74, 6) is 0.999. The van der Waals surface area contributed by atoms with Crippen molar-refractivity contribution < 1.29 is 4.74 Å². The van der Waals surface area contributed by atoms with Crippen molar-refractivity contribution in [3.05, 3.63) is 23.3 Å². The number of aryl methyl sites for hydroxylation is 2. The average Bonchev–Trinajstić information content (AvgIpc) is 2.04. The summed E-state index contributed by atoms with van der Waals surface area (Å²) in [7, 11) is 0. The predicted molar refractivity (Wildman–Crippen MR) is 49.9 cm³/mol. The Bertz CT molecular complexity index is 307. The van der Waals surface area contributed by atoms with Gasteiger partial charge >= 0.3 is 0 Å². The average molecular weight is 163 g/mol. The maximum Gasteiger partial charge on any atom is 0.143 e. The first-order valence-electron chi connectivity index (χ1n) is 4.25. The molecule has 0 spiro atoms. The molecule has 1 aliphatic rings. The van der Waals surface area contributed by atoms with E-state index in [1.165, 1.54) is 11.1 Å². The Morgan fingerprint density at radius 1 is 1.33 bits per heavy atom. The maximum atomic E-state index is 5.52. The van der Waals surface area contributed by atoms with Crippen LogP contribution in [0.3, 0.4) is 0 Å². The summed E-state index contributed by atoms with van der Waals surface area (Å²) in [5.41, 5.74) is 3.69. The number of ether oxygens (including phenoxy) is 1. The Labute approximate surface area is 72.5 Å². The molecule has 0 bridgehead atoms. The van der Waals surface area contributed by atoms with E-state index in [0.717, 1.165) is 24.6 Å². The Hall–Kier alpha value is -1.18. The van der Waals surface area contributed by atoms with Gasteiger partial charge in [-0.15, -0.1) is 0 Å². The van der Waals surface area contributed by atoms with Gasteiger partial charge in [0.1, 0.15) is 12.4 Å².